The molecular weight excluding hydrogens is 460 g/mol. The molecule has 0 spiro atoms. The SMILES string of the molecule is C=CCN(C(=O)Cc1ccc(NC(=O)c2ccc(Br)o2)cc1)C1CCS(=O)(=O)C1. The lowest BCUT2D eigenvalue weighted by Crippen LogP contribution is -2.42. The smallest absolute Gasteiger partial charge is 0.291 e. The molecule has 2 amide bonds. The zero-order valence-electron chi connectivity index (χ0n) is 15.6. The third kappa shape index (κ3) is 5.57. The van der Waals surface area contributed by atoms with E-state index in [4.69, 9.17) is 4.42 Å². The van der Waals surface area contributed by atoms with Crippen LogP contribution in [0.2, 0.25) is 0 Å². The molecule has 1 saturated heterocycles. The lowest BCUT2D eigenvalue weighted by Gasteiger charge is -2.27. The van der Waals surface area contributed by atoms with E-state index < -0.39 is 9.84 Å². The number of nitrogens with zero attached hydrogens (tertiary/aromatic N) is 1. The molecule has 1 aliphatic heterocycles. The number of furan rings is 1. The maximum absolute atomic E-state index is 12.7. The number of hydrogen-bond acceptors (Lipinski definition) is 5. The van der Waals surface area contributed by atoms with Crippen LogP contribution >= 0.6 is 15.9 Å². The van der Waals surface area contributed by atoms with Gasteiger partial charge in [0.25, 0.3) is 5.91 Å². The van der Waals surface area contributed by atoms with Crippen LogP contribution in [-0.4, -0.2) is 49.2 Å². The molecule has 29 heavy (non-hydrogen) atoms. The second-order valence-corrected chi connectivity index (χ2v) is 9.83. The van der Waals surface area contributed by atoms with Crippen molar-refractivity contribution >= 4 is 43.3 Å². The summed E-state index contributed by atoms with van der Waals surface area (Å²) in [5.74, 6) is -0.231. The first-order chi connectivity index (χ1) is 13.8. The van der Waals surface area contributed by atoms with Gasteiger partial charge in [-0.1, -0.05) is 18.2 Å². The van der Waals surface area contributed by atoms with Gasteiger partial charge in [0, 0.05) is 18.3 Å². The Labute approximate surface area is 177 Å². The van der Waals surface area contributed by atoms with E-state index in [-0.39, 0.29) is 41.5 Å². The summed E-state index contributed by atoms with van der Waals surface area (Å²) in [6.45, 7) is 3.98. The third-order valence-corrected chi connectivity index (χ3v) is 6.84. The summed E-state index contributed by atoms with van der Waals surface area (Å²) in [4.78, 5) is 26.4. The van der Waals surface area contributed by atoms with Crippen molar-refractivity contribution in [3.63, 3.8) is 0 Å². The largest absolute Gasteiger partial charge is 0.444 e. The number of nitrogens with one attached hydrogen (secondary N) is 1. The van der Waals surface area contributed by atoms with E-state index >= 15 is 0 Å². The van der Waals surface area contributed by atoms with Crippen molar-refractivity contribution < 1.29 is 22.4 Å². The van der Waals surface area contributed by atoms with Gasteiger partial charge in [-0.3, -0.25) is 9.59 Å². The highest BCUT2D eigenvalue weighted by Crippen LogP contribution is 2.20. The van der Waals surface area contributed by atoms with E-state index in [1.54, 1.807) is 47.4 Å². The van der Waals surface area contributed by atoms with Crippen LogP contribution in [0.25, 0.3) is 0 Å². The van der Waals surface area contributed by atoms with Crippen molar-refractivity contribution in [2.24, 2.45) is 0 Å². The molecular formula is C20H21BrN2O5S. The number of hydrogen-bond donors (Lipinski definition) is 1. The van der Waals surface area contributed by atoms with Crippen LogP contribution in [0.1, 0.15) is 22.5 Å². The van der Waals surface area contributed by atoms with Gasteiger partial charge in [-0.15, -0.1) is 6.58 Å². The van der Waals surface area contributed by atoms with E-state index in [0.29, 0.717) is 23.3 Å². The zero-order chi connectivity index (χ0) is 21.0. The minimum absolute atomic E-state index is 0.000439. The molecule has 1 fully saturated rings. The van der Waals surface area contributed by atoms with Crippen LogP contribution in [-0.2, 0) is 21.1 Å². The summed E-state index contributed by atoms with van der Waals surface area (Å²) < 4.78 is 29.2. The molecule has 3 rings (SSSR count). The van der Waals surface area contributed by atoms with Gasteiger partial charge < -0.3 is 14.6 Å². The Morgan fingerprint density at radius 1 is 1.24 bits per heavy atom. The maximum atomic E-state index is 12.7. The molecule has 1 aromatic heterocycles. The van der Waals surface area contributed by atoms with Crippen molar-refractivity contribution in [2.75, 3.05) is 23.4 Å². The van der Waals surface area contributed by atoms with Gasteiger partial charge >= 0.3 is 0 Å². The van der Waals surface area contributed by atoms with Crippen molar-refractivity contribution in [1.29, 1.82) is 0 Å². The lowest BCUT2D eigenvalue weighted by atomic mass is 10.1. The zero-order valence-corrected chi connectivity index (χ0v) is 18.0. The maximum Gasteiger partial charge on any atom is 0.291 e. The van der Waals surface area contributed by atoms with Gasteiger partial charge in [0.1, 0.15) is 0 Å². The Bertz CT molecular complexity index is 1010. The van der Waals surface area contributed by atoms with Gasteiger partial charge in [0.15, 0.2) is 20.3 Å². The molecule has 1 aliphatic rings. The van der Waals surface area contributed by atoms with E-state index in [0.717, 1.165) is 5.56 Å². The molecule has 0 saturated carbocycles. The number of rotatable bonds is 7. The van der Waals surface area contributed by atoms with Crippen molar-refractivity contribution in [3.05, 3.63) is 65.0 Å². The topological polar surface area (TPSA) is 96.7 Å². The van der Waals surface area contributed by atoms with Crippen LogP contribution in [0, 0.1) is 0 Å². The summed E-state index contributed by atoms with van der Waals surface area (Å²) in [7, 11) is -3.08. The summed E-state index contributed by atoms with van der Waals surface area (Å²) in [5, 5.41) is 2.72. The molecule has 154 valence electrons. The van der Waals surface area contributed by atoms with Crippen LogP contribution in [0.5, 0.6) is 0 Å². The van der Waals surface area contributed by atoms with Gasteiger partial charge in [-0.05, 0) is 52.2 Å². The minimum Gasteiger partial charge on any atom is -0.444 e. The Balaban J connectivity index is 1.62. The number of carbonyl (C=O) groups excluding carboxylic acids is 2. The quantitative estimate of drug-likeness (QED) is 0.614. The minimum atomic E-state index is -3.08. The monoisotopic (exact) mass is 480 g/mol. The number of halogens is 1. The first kappa shape index (κ1) is 21.3. The molecule has 9 heteroatoms. The van der Waals surface area contributed by atoms with Crippen molar-refractivity contribution in [3.8, 4) is 0 Å². The van der Waals surface area contributed by atoms with Crippen LogP contribution in [0.3, 0.4) is 0 Å². The predicted molar refractivity (Wildman–Crippen MR) is 113 cm³/mol. The highest BCUT2D eigenvalue weighted by Gasteiger charge is 2.34. The highest BCUT2D eigenvalue weighted by atomic mass is 79.9. The number of carbonyl (C=O) groups is 2. The number of sulfone groups is 1. The molecule has 0 bridgehead atoms. The molecule has 0 radical (unpaired) electrons. The van der Waals surface area contributed by atoms with Gasteiger partial charge in [-0.25, -0.2) is 8.42 Å². The standard InChI is InChI=1S/C20H21BrN2O5S/c1-2-10-23(16-9-11-29(26,27)13-16)19(24)12-14-3-5-15(6-4-14)22-20(25)17-7-8-18(21)28-17/h2-8,16H,1,9-13H2,(H,22,25). The summed E-state index contributed by atoms with van der Waals surface area (Å²) in [5.41, 5.74) is 1.34. The predicted octanol–water partition coefficient (Wildman–Crippen LogP) is 3.04. The van der Waals surface area contributed by atoms with Crippen LogP contribution in [0.4, 0.5) is 5.69 Å². The number of benzene rings is 1. The Kier molecular flexibility index (Phi) is 6.59. The molecule has 7 nitrogen and oxygen atoms in total. The summed E-state index contributed by atoms with van der Waals surface area (Å²) >= 11 is 3.15. The van der Waals surface area contributed by atoms with E-state index in [1.165, 1.54) is 0 Å². The first-order valence-corrected chi connectivity index (χ1v) is 11.7. The number of anilines is 1. The summed E-state index contributed by atoms with van der Waals surface area (Å²) in [6.07, 6.45) is 2.20. The molecule has 1 atom stereocenters. The molecule has 2 heterocycles. The van der Waals surface area contributed by atoms with E-state index in [1.807, 2.05) is 0 Å². The average molecular weight is 481 g/mol. The fourth-order valence-corrected chi connectivity index (χ4v) is 5.26. The van der Waals surface area contributed by atoms with Crippen LogP contribution < -0.4 is 5.32 Å². The number of amides is 2. The summed E-state index contributed by atoms with van der Waals surface area (Å²) in [6, 6.07) is 9.80. The third-order valence-electron chi connectivity index (χ3n) is 4.66. The second-order valence-electron chi connectivity index (χ2n) is 6.82. The lowest BCUT2D eigenvalue weighted by molar-refractivity contribution is -0.131. The Hall–Kier alpha value is -2.39. The van der Waals surface area contributed by atoms with Gasteiger partial charge in [-0.2, -0.15) is 0 Å². The van der Waals surface area contributed by atoms with Gasteiger partial charge in [0.2, 0.25) is 5.91 Å². The first-order valence-electron chi connectivity index (χ1n) is 9.04. The molecule has 1 unspecified atom stereocenters. The van der Waals surface area contributed by atoms with E-state index in [2.05, 4.69) is 27.8 Å². The fraction of sp³-hybridized carbons (Fsp3) is 0.300. The Morgan fingerprint density at radius 2 is 1.97 bits per heavy atom. The van der Waals surface area contributed by atoms with Crippen LogP contribution in [0.15, 0.2) is 58.1 Å². The fourth-order valence-electron chi connectivity index (χ4n) is 3.23. The molecule has 2 aromatic rings. The Morgan fingerprint density at radius 3 is 2.52 bits per heavy atom. The second kappa shape index (κ2) is 8.96. The highest BCUT2D eigenvalue weighted by molar-refractivity contribution is 9.10. The van der Waals surface area contributed by atoms with Gasteiger partial charge in [0.05, 0.1) is 17.9 Å². The van der Waals surface area contributed by atoms with Crippen molar-refractivity contribution in [2.45, 2.75) is 18.9 Å². The van der Waals surface area contributed by atoms with Crippen molar-refractivity contribution in [1.82, 2.24) is 4.90 Å². The normalized spacial score (nSPS) is 17.6. The molecule has 1 aromatic carbocycles. The van der Waals surface area contributed by atoms with E-state index in [9.17, 15) is 18.0 Å². The average Bonchev–Trinajstić information content (AvgIpc) is 3.26. The molecule has 0 aliphatic carbocycles. The molecule has 1 N–H and O–H groups in total.